The Kier molecular flexibility index (Phi) is 6.13. The first-order valence-electron chi connectivity index (χ1n) is 8.59. The molecule has 0 amide bonds. The minimum absolute atomic E-state index is 0.131. The third-order valence-electron chi connectivity index (χ3n) is 4.06. The van der Waals surface area contributed by atoms with E-state index in [-0.39, 0.29) is 6.10 Å². The fraction of sp³-hybridized carbons (Fsp3) is 0.350. The van der Waals surface area contributed by atoms with Crippen LogP contribution in [0.25, 0.3) is 0 Å². The molecular weight excluding hydrogens is 312 g/mol. The van der Waals surface area contributed by atoms with Crippen molar-refractivity contribution in [1.29, 1.82) is 10.7 Å². The maximum absolute atomic E-state index is 9.00. The summed E-state index contributed by atoms with van der Waals surface area (Å²) >= 11 is 0. The summed E-state index contributed by atoms with van der Waals surface area (Å²) < 4.78 is 6.10. The van der Waals surface area contributed by atoms with Crippen LogP contribution in [-0.2, 0) is 6.42 Å². The number of aromatic nitrogens is 1. The number of ether oxygens (including phenoxy) is 1. The van der Waals surface area contributed by atoms with Gasteiger partial charge >= 0.3 is 0 Å². The van der Waals surface area contributed by atoms with E-state index in [4.69, 9.17) is 21.1 Å². The summed E-state index contributed by atoms with van der Waals surface area (Å²) in [6.45, 7) is 5.70. The molecule has 1 aromatic carbocycles. The van der Waals surface area contributed by atoms with Crippen LogP contribution in [0.5, 0.6) is 5.75 Å². The quantitative estimate of drug-likeness (QED) is 0.641. The Morgan fingerprint density at radius 1 is 1.36 bits per heavy atom. The molecule has 0 fully saturated rings. The van der Waals surface area contributed by atoms with Gasteiger partial charge in [0.2, 0.25) is 0 Å². The van der Waals surface area contributed by atoms with Crippen LogP contribution in [0.2, 0.25) is 0 Å². The number of nitrogens with one attached hydrogen (secondary N) is 1. The van der Waals surface area contributed by atoms with Gasteiger partial charge in [-0.2, -0.15) is 5.26 Å². The van der Waals surface area contributed by atoms with Gasteiger partial charge in [0, 0.05) is 23.2 Å². The number of hydrogen-bond donors (Lipinski definition) is 2. The van der Waals surface area contributed by atoms with E-state index in [0.29, 0.717) is 28.3 Å². The van der Waals surface area contributed by atoms with Gasteiger partial charge in [0.15, 0.2) is 0 Å². The zero-order valence-electron chi connectivity index (χ0n) is 15.0. The molecule has 25 heavy (non-hydrogen) atoms. The molecule has 0 bridgehead atoms. The number of nitriles is 1. The van der Waals surface area contributed by atoms with E-state index in [2.05, 4.69) is 11.1 Å². The number of aryl methyl sites for hydroxylation is 1. The Morgan fingerprint density at radius 2 is 2.12 bits per heavy atom. The first-order valence-corrected chi connectivity index (χ1v) is 8.59. The van der Waals surface area contributed by atoms with Gasteiger partial charge in [0.05, 0.1) is 11.3 Å². The summed E-state index contributed by atoms with van der Waals surface area (Å²) in [5.41, 5.74) is 10.1. The van der Waals surface area contributed by atoms with Crippen LogP contribution >= 0.6 is 0 Å². The van der Waals surface area contributed by atoms with Crippen LogP contribution in [0.15, 0.2) is 30.5 Å². The number of pyridine rings is 1. The molecule has 0 saturated carbocycles. The lowest BCUT2D eigenvalue weighted by Crippen LogP contribution is -2.17. The molecule has 130 valence electrons. The van der Waals surface area contributed by atoms with Crippen molar-refractivity contribution in [1.82, 2.24) is 4.98 Å². The molecule has 1 atom stereocenters. The third-order valence-corrected chi connectivity index (χ3v) is 4.06. The van der Waals surface area contributed by atoms with Gasteiger partial charge in [-0.1, -0.05) is 13.8 Å². The van der Waals surface area contributed by atoms with E-state index in [0.717, 1.165) is 30.5 Å². The van der Waals surface area contributed by atoms with Crippen molar-refractivity contribution in [3.8, 4) is 11.8 Å². The molecule has 0 spiro atoms. The largest absolute Gasteiger partial charge is 0.484 e. The van der Waals surface area contributed by atoms with Crippen molar-refractivity contribution >= 4 is 11.4 Å². The van der Waals surface area contributed by atoms with E-state index in [9.17, 15) is 0 Å². The van der Waals surface area contributed by atoms with Crippen LogP contribution < -0.4 is 10.5 Å². The molecule has 1 aliphatic carbocycles. The van der Waals surface area contributed by atoms with Gasteiger partial charge in [0.1, 0.15) is 17.9 Å². The van der Waals surface area contributed by atoms with Gasteiger partial charge < -0.3 is 15.9 Å². The number of anilines is 1. The summed E-state index contributed by atoms with van der Waals surface area (Å²) in [5, 5.41) is 16.8. The molecule has 0 radical (unpaired) electrons. The van der Waals surface area contributed by atoms with Crippen LogP contribution in [0.4, 0.5) is 5.69 Å². The normalized spacial score (nSPS) is 15.2. The summed E-state index contributed by atoms with van der Waals surface area (Å²) in [6.07, 6.45) is 4.27. The predicted octanol–water partition coefficient (Wildman–Crippen LogP) is 4.41. The molecule has 1 unspecified atom stereocenters. The number of nitrogen functional groups attached to an aromatic ring is 1. The topological polar surface area (TPSA) is 95.8 Å². The minimum atomic E-state index is -0.131. The van der Waals surface area contributed by atoms with Crippen molar-refractivity contribution in [3.05, 3.63) is 52.8 Å². The van der Waals surface area contributed by atoms with Crippen molar-refractivity contribution in [2.75, 3.05) is 5.73 Å². The Labute approximate surface area is 149 Å². The van der Waals surface area contributed by atoms with Crippen LogP contribution in [0.1, 0.15) is 62.1 Å². The van der Waals surface area contributed by atoms with Gasteiger partial charge in [-0.05, 0) is 56.0 Å². The molecule has 3 rings (SSSR count). The van der Waals surface area contributed by atoms with Crippen LogP contribution in [-0.4, -0.2) is 10.7 Å². The number of nitrogens with two attached hydrogens (primary N) is 1. The minimum Gasteiger partial charge on any atom is -0.484 e. The van der Waals surface area contributed by atoms with Crippen LogP contribution in [0, 0.1) is 16.7 Å². The first-order chi connectivity index (χ1) is 12.1. The third kappa shape index (κ3) is 4.16. The molecule has 1 aliphatic rings. The SMILES string of the molecule is CC.CC(=N)c1cc(OC2CCCc3cc(C#N)cnc32)ccc1N. The Balaban J connectivity index is 0.00000109. The second-order valence-electron chi connectivity index (χ2n) is 5.75. The number of nitrogens with zero attached hydrogens (tertiary/aromatic N) is 2. The number of fused-ring (bicyclic) bond motifs is 1. The molecule has 1 aromatic heterocycles. The van der Waals surface area contributed by atoms with E-state index in [1.165, 1.54) is 0 Å². The van der Waals surface area contributed by atoms with E-state index >= 15 is 0 Å². The van der Waals surface area contributed by atoms with Crippen molar-refractivity contribution < 1.29 is 4.74 Å². The Bertz CT molecular complexity index is 808. The maximum atomic E-state index is 9.00. The highest BCUT2D eigenvalue weighted by Gasteiger charge is 2.24. The van der Waals surface area contributed by atoms with E-state index < -0.39 is 0 Å². The summed E-state index contributed by atoms with van der Waals surface area (Å²) in [6, 6.07) is 9.41. The fourth-order valence-corrected chi connectivity index (χ4v) is 2.90. The number of rotatable bonds is 3. The molecule has 3 N–H and O–H groups in total. The molecule has 0 aliphatic heterocycles. The highest BCUT2D eigenvalue weighted by atomic mass is 16.5. The van der Waals surface area contributed by atoms with Gasteiger partial charge in [-0.15, -0.1) is 0 Å². The maximum Gasteiger partial charge on any atom is 0.141 e. The van der Waals surface area contributed by atoms with Crippen molar-refractivity contribution in [3.63, 3.8) is 0 Å². The van der Waals surface area contributed by atoms with Crippen molar-refractivity contribution in [2.45, 2.75) is 46.1 Å². The fourth-order valence-electron chi connectivity index (χ4n) is 2.90. The monoisotopic (exact) mass is 336 g/mol. The van der Waals surface area contributed by atoms with Gasteiger partial charge in [0.25, 0.3) is 0 Å². The van der Waals surface area contributed by atoms with E-state index in [1.807, 2.05) is 26.0 Å². The standard InChI is InChI=1S/C18H18N4O.C2H6/c1-11(20)15-8-14(5-6-16(15)21)23-17-4-2-3-13-7-12(9-19)10-22-18(13)17;1-2/h5-8,10,17,20H,2-4,21H2,1H3;1-2H3. The molecule has 5 heteroatoms. The second kappa shape index (κ2) is 8.29. The highest BCUT2D eigenvalue weighted by Crippen LogP contribution is 2.33. The van der Waals surface area contributed by atoms with Gasteiger partial charge in [-0.25, -0.2) is 0 Å². The lowest BCUT2D eigenvalue weighted by Gasteiger charge is -2.25. The predicted molar refractivity (Wildman–Crippen MR) is 100.0 cm³/mol. The molecule has 5 nitrogen and oxygen atoms in total. The molecular formula is C20H24N4O. The Hall–Kier alpha value is -2.87. The smallest absolute Gasteiger partial charge is 0.141 e. The average molecular weight is 336 g/mol. The first kappa shape index (κ1) is 18.5. The van der Waals surface area contributed by atoms with Crippen molar-refractivity contribution in [2.24, 2.45) is 0 Å². The van der Waals surface area contributed by atoms with Crippen LogP contribution in [0.3, 0.4) is 0 Å². The molecule has 2 aromatic rings. The summed E-state index contributed by atoms with van der Waals surface area (Å²) in [5.74, 6) is 0.685. The second-order valence-corrected chi connectivity index (χ2v) is 5.75. The molecule has 0 saturated heterocycles. The summed E-state index contributed by atoms with van der Waals surface area (Å²) in [4.78, 5) is 4.43. The zero-order chi connectivity index (χ0) is 18.4. The highest BCUT2D eigenvalue weighted by molar-refractivity contribution is 6.01. The van der Waals surface area contributed by atoms with Gasteiger partial charge in [-0.3, -0.25) is 4.98 Å². The lowest BCUT2D eigenvalue weighted by molar-refractivity contribution is 0.178. The summed E-state index contributed by atoms with van der Waals surface area (Å²) in [7, 11) is 0. The lowest BCUT2D eigenvalue weighted by atomic mass is 9.92. The molecule has 1 heterocycles. The average Bonchev–Trinajstić information content (AvgIpc) is 2.64. The Morgan fingerprint density at radius 3 is 2.80 bits per heavy atom. The number of benzene rings is 1. The number of hydrogen-bond acceptors (Lipinski definition) is 5. The zero-order valence-corrected chi connectivity index (χ0v) is 15.0. The van der Waals surface area contributed by atoms with E-state index in [1.54, 1.807) is 25.3 Å².